The second-order valence-electron chi connectivity index (χ2n) is 5.91. The molecule has 2 aromatic carbocycles. The third kappa shape index (κ3) is 2.18. The Hall–Kier alpha value is -2.75. The molecular weight excluding hydrogens is 288 g/mol. The van der Waals surface area contributed by atoms with Crippen molar-refractivity contribution in [2.45, 2.75) is 20.8 Å². The molecule has 4 nitrogen and oxygen atoms in total. The summed E-state index contributed by atoms with van der Waals surface area (Å²) in [6, 6.07) is 10.3. The lowest BCUT2D eigenvalue weighted by atomic mass is 10.0. The van der Waals surface area contributed by atoms with Crippen molar-refractivity contribution in [3.05, 3.63) is 59.4 Å². The van der Waals surface area contributed by atoms with Crippen LogP contribution in [0.4, 0.5) is 0 Å². The van der Waals surface area contributed by atoms with Gasteiger partial charge in [-0.2, -0.15) is 0 Å². The van der Waals surface area contributed by atoms with E-state index in [0.29, 0.717) is 0 Å². The molecule has 23 heavy (non-hydrogen) atoms. The van der Waals surface area contributed by atoms with E-state index in [9.17, 15) is 0 Å². The minimum absolute atomic E-state index is 0.260. The summed E-state index contributed by atoms with van der Waals surface area (Å²) in [5, 5.41) is 0. The quantitative estimate of drug-likeness (QED) is 0.712. The van der Waals surface area contributed by atoms with Gasteiger partial charge in [-0.15, -0.1) is 0 Å². The fourth-order valence-corrected chi connectivity index (χ4v) is 3.34. The molecule has 0 N–H and O–H groups in total. The van der Waals surface area contributed by atoms with Crippen LogP contribution in [0, 0.1) is 20.8 Å². The number of hydrogen-bond acceptors (Lipinski definition) is 3. The molecule has 116 valence electrons. The van der Waals surface area contributed by atoms with Gasteiger partial charge in [-0.05, 0) is 44.0 Å². The van der Waals surface area contributed by atoms with Gasteiger partial charge in [0, 0.05) is 12.4 Å². The summed E-state index contributed by atoms with van der Waals surface area (Å²) in [6.07, 6.45) is 3.82. The van der Waals surface area contributed by atoms with Crippen LogP contribution in [0.3, 0.4) is 0 Å². The Bertz CT molecular complexity index is 873. The summed E-state index contributed by atoms with van der Waals surface area (Å²) in [5.41, 5.74) is 5.84. The molecule has 0 unspecified atom stereocenters. The van der Waals surface area contributed by atoms with E-state index in [1.165, 1.54) is 22.4 Å². The van der Waals surface area contributed by atoms with Gasteiger partial charge in [-0.1, -0.05) is 23.8 Å². The number of hydrogen-bond donors (Lipinski definition) is 0. The molecule has 1 aromatic heterocycles. The molecule has 0 fully saturated rings. The van der Waals surface area contributed by atoms with Crippen LogP contribution < -0.4 is 9.47 Å². The monoisotopic (exact) mass is 306 g/mol. The highest BCUT2D eigenvalue weighted by molar-refractivity contribution is 5.71. The van der Waals surface area contributed by atoms with E-state index in [0.717, 1.165) is 22.9 Å². The number of fused-ring (bicyclic) bond motifs is 1. The topological polar surface area (TPSA) is 36.3 Å². The molecule has 1 aliphatic heterocycles. The average Bonchev–Trinajstić information content (AvgIpc) is 3.14. The zero-order valence-corrected chi connectivity index (χ0v) is 13.5. The van der Waals surface area contributed by atoms with Gasteiger partial charge in [0.1, 0.15) is 5.82 Å². The summed E-state index contributed by atoms with van der Waals surface area (Å²) in [4.78, 5) is 4.57. The molecule has 4 rings (SSSR count). The van der Waals surface area contributed by atoms with Crippen LogP contribution >= 0.6 is 0 Å². The Morgan fingerprint density at radius 1 is 1.04 bits per heavy atom. The smallest absolute Gasteiger partial charge is 0.231 e. The number of ether oxygens (including phenoxy) is 2. The first-order valence-corrected chi connectivity index (χ1v) is 7.65. The Balaban J connectivity index is 1.93. The van der Waals surface area contributed by atoms with Crippen LogP contribution in [0.1, 0.15) is 16.7 Å². The fourth-order valence-electron chi connectivity index (χ4n) is 3.34. The predicted molar refractivity (Wildman–Crippen MR) is 89.3 cm³/mol. The molecule has 0 amide bonds. The van der Waals surface area contributed by atoms with E-state index in [-0.39, 0.29) is 6.79 Å². The lowest BCUT2D eigenvalue weighted by Gasteiger charge is -2.15. The third-order valence-electron chi connectivity index (χ3n) is 4.15. The normalized spacial score (nSPS) is 12.7. The molecule has 0 aliphatic carbocycles. The third-order valence-corrected chi connectivity index (χ3v) is 4.15. The van der Waals surface area contributed by atoms with Crippen LogP contribution in [0.25, 0.3) is 17.1 Å². The molecule has 0 bridgehead atoms. The van der Waals surface area contributed by atoms with E-state index in [1.807, 2.05) is 30.6 Å². The Kier molecular flexibility index (Phi) is 3.11. The highest BCUT2D eigenvalue weighted by Crippen LogP contribution is 2.41. The van der Waals surface area contributed by atoms with Gasteiger partial charge < -0.3 is 9.47 Å². The van der Waals surface area contributed by atoms with Crippen LogP contribution in [0.15, 0.2) is 42.7 Å². The molecule has 0 saturated heterocycles. The summed E-state index contributed by atoms with van der Waals surface area (Å²) in [6.45, 7) is 6.64. The minimum atomic E-state index is 0.260. The van der Waals surface area contributed by atoms with Crippen molar-refractivity contribution >= 4 is 0 Å². The standard InChI is InChI=1S/C19H18N2O2/c1-12-9-13(2)17(14(3)10-12)21-8-7-20-19(21)15-5-4-6-16-18(15)23-11-22-16/h4-10H,11H2,1-3H3. The number of para-hydroxylation sites is 1. The molecular formula is C19H18N2O2. The maximum absolute atomic E-state index is 5.65. The van der Waals surface area contributed by atoms with E-state index < -0.39 is 0 Å². The Morgan fingerprint density at radius 2 is 1.83 bits per heavy atom. The molecule has 2 heterocycles. The van der Waals surface area contributed by atoms with Crippen molar-refractivity contribution in [3.8, 4) is 28.6 Å². The van der Waals surface area contributed by atoms with Gasteiger partial charge in [0.25, 0.3) is 0 Å². The van der Waals surface area contributed by atoms with Crippen molar-refractivity contribution in [3.63, 3.8) is 0 Å². The van der Waals surface area contributed by atoms with Gasteiger partial charge in [0.2, 0.25) is 6.79 Å². The second kappa shape index (κ2) is 5.16. The first kappa shape index (κ1) is 13.9. The second-order valence-corrected chi connectivity index (χ2v) is 5.91. The van der Waals surface area contributed by atoms with Crippen molar-refractivity contribution in [2.75, 3.05) is 6.79 Å². The Labute approximate surface area is 135 Å². The Morgan fingerprint density at radius 3 is 2.61 bits per heavy atom. The molecule has 4 heteroatoms. The summed E-state index contributed by atoms with van der Waals surface area (Å²) < 4.78 is 13.3. The van der Waals surface area contributed by atoms with Crippen molar-refractivity contribution < 1.29 is 9.47 Å². The summed E-state index contributed by atoms with van der Waals surface area (Å²) >= 11 is 0. The highest BCUT2D eigenvalue weighted by Gasteiger charge is 2.22. The first-order valence-electron chi connectivity index (χ1n) is 7.65. The minimum Gasteiger partial charge on any atom is -0.454 e. The number of benzene rings is 2. The maximum atomic E-state index is 5.65. The van der Waals surface area contributed by atoms with Crippen molar-refractivity contribution in [1.82, 2.24) is 9.55 Å². The lowest BCUT2D eigenvalue weighted by Crippen LogP contribution is -2.03. The highest BCUT2D eigenvalue weighted by atomic mass is 16.7. The van der Waals surface area contributed by atoms with Gasteiger partial charge in [0.15, 0.2) is 11.5 Å². The summed E-state index contributed by atoms with van der Waals surface area (Å²) in [7, 11) is 0. The van der Waals surface area contributed by atoms with Crippen LogP contribution in [-0.2, 0) is 0 Å². The van der Waals surface area contributed by atoms with E-state index in [2.05, 4.69) is 42.5 Å². The number of imidazole rings is 1. The van der Waals surface area contributed by atoms with Crippen LogP contribution in [0.5, 0.6) is 11.5 Å². The van der Waals surface area contributed by atoms with Gasteiger partial charge in [-0.3, -0.25) is 4.57 Å². The van der Waals surface area contributed by atoms with Crippen molar-refractivity contribution in [2.24, 2.45) is 0 Å². The zero-order valence-electron chi connectivity index (χ0n) is 13.5. The largest absolute Gasteiger partial charge is 0.454 e. The van der Waals surface area contributed by atoms with Gasteiger partial charge in [-0.25, -0.2) is 4.98 Å². The van der Waals surface area contributed by atoms with Crippen LogP contribution in [-0.4, -0.2) is 16.3 Å². The first-order chi connectivity index (χ1) is 11.1. The van der Waals surface area contributed by atoms with Crippen LogP contribution in [0.2, 0.25) is 0 Å². The van der Waals surface area contributed by atoms with Gasteiger partial charge >= 0.3 is 0 Å². The van der Waals surface area contributed by atoms with E-state index in [1.54, 1.807) is 0 Å². The molecule has 0 spiro atoms. The molecule has 0 atom stereocenters. The van der Waals surface area contributed by atoms with Crippen molar-refractivity contribution in [1.29, 1.82) is 0 Å². The molecule has 1 aliphatic rings. The number of nitrogens with zero attached hydrogens (tertiary/aromatic N) is 2. The fraction of sp³-hybridized carbons (Fsp3) is 0.211. The zero-order chi connectivity index (χ0) is 16.0. The average molecular weight is 306 g/mol. The van der Waals surface area contributed by atoms with E-state index >= 15 is 0 Å². The SMILES string of the molecule is Cc1cc(C)c(-n2ccnc2-c2cccc3c2OCO3)c(C)c1. The summed E-state index contributed by atoms with van der Waals surface area (Å²) in [5.74, 6) is 2.40. The number of rotatable bonds is 2. The number of aryl methyl sites for hydroxylation is 3. The van der Waals surface area contributed by atoms with Gasteiger partial charge in [0.05, 0.1) is 11.3 Å². The molecule has 0 radical (unpaired) electrons. The maximum Gasteiger partial charge on any atom is 0.231 e. The predicted octanol–water partition coefficient (Wildman–Crippen LogP) is 4.19. The molecule has 3 aromatic rings. The van der Waals surface area contributed by atoms with E-state index in [4.69, 9.17) is 9.47 Å². The number of aromatic nitrogens is 2. The lowest BCUT2D eigenvalue weighted by molar-refractivity contribution is 0.174. The molecule has 0 saturated carbocycles.